The minimum Gasteiger partial charge on any atom is -0.352 e. The van der Waals surface area contributed by atoms with Crippen LogP contribution in [-0.4, -0.2) is 29.0 Å². The monoisotopic (exact) mass is 486 g/mol. The molecule has 2 N–H and O–H groups in total. The molecule has 2 aromatic carbocycles. The third-order valence-corrected chi connectivity index (χ3v) is 7.73. The van der Waals surface area contributed by atoms with Crippen LogP contribution in [0.15, 0.2) is 58.7 Å². The fraction of sp³-hybridized carbons (Fsp3) is 0.321. The van der Waals surface area contributed by atoms with Crippen molar-refractivity contribution in [1.29, 1.82) is 0 Å². The molecule has 1 fully saturated rings. The molecule has 1 atom stereocenters. The Hall–Kier alpha value is -3.45. The quantitative estimate of drug-likeness (QED) is 0.400. The van der Waals surface area contributed by atoms with E-state index < -0.39 is 0 Å². The number of aryl methyl sites for hydroxylation is 2. The number of piperidine rings is 1. The van der Waals surface area contributed by atoms with Crippen LogP contribution in [0.4, 0.5) is 5.95 Å². The summed E-state index contributed by atoms with van der Waals surface area (Å²) >= 11 is 1.42. The summed E-state index contributed by atoms with van der Waals surface area (Å²) in [5, 5.41) is 5.09. The van der Waals surface area contributed by atoms with Crippen molar-refractivity contribution in [3.05, 3.63) is 81.0 Å². The number of rotatable bonds is 6. The van der Waals surface area contributed by atoms with E-state index in [4.69, 9.17) is 4.98 Å². The van der Waals surface area contributed by atoms with Gasteiger partial charge in [-0.2, -0.15) is 0 Å². The molecule has 1 aliphatic heterocycles. The van der Waals surface area contributed by atoms with E-state index in [1.807, 2.05) is 10.3 Å². The predicted molar refractivity (Wildman–Crippen MR) is 143 cm³/mol. The van der Waals surface area contributed by atoms with Crippen molar-refractivity contribution in [2.75, 3.05) is 18.0 Å². The Balaban J connectivity index is 1.33. The normalized spacial score (nSPS) is 15.9. The van der Waals surface area contributed by atoms with Crippen molar-refractivity contribution in [3.8, 4) is 11.1 Å². The van der Waals surface area contributed by atoms with Crippen LogP contribution in [0.25, 0.3) is 21.3 Å². The molecule has 180 valence electrons. The highest BCUT2D eigenvalue weighted by Gasteiger charge is 2.27. The van der Waals surface area contributed by atoms with Gasteiger partial charge < -0.3 is 10.2 Å². The molecular weight excluding hydrogens is 456 g/mol. The molecule has 0 radical (unpaired) electrons. The fourth-order valence-corrected chi connectivity index (χ4v) is 5.52. The minimum atomic E-state index is -0.140. The molecule has 5 rings (SSSR count). The van der Waals surface area contributed by atoms with Gasteiger partial charge in [0.05, 0.1) is 11.4 Å². The number of fused-ring (bicyclic) bond motifs is 1. The van der Waals surface area contributed by atoms with E-state index in [9.17, 15) is 9.59 Å². The number of aromatic amines is 1. The van der Waals surface area contributed by atoms with E-state index >= 15 is 0 Å². The zero-order chi connectivity index (χ0) is 24.4. The number of carbonyl (C=O) groups is 1. The van der Waals surface area contributed by atoms with E-state index in [0.29, 0.717) is 23.7 Å². The minimum absolute atomic E-state index is 0.0496. The molecule has 1 amide bonds. The summed E-state index contributed by atoms with van der Waals surface area (Å²) in [6, 6.07) is 16.6. The third kappa shape index (κ3) is 5.00. The van der Waals surface area contributed by atoms with E-state index in [1.54, 1.807) is 0 Å². The number of aromatic nitrogens is 2. The van der Waals surface area contributed by atoms with E-state index in [2.05, 4.69) is 72.7 Å². The molecule has 0 bridgehead atoms. The van der Waals surface area contributed by atoms with Gasteiger partial charge in [0.25, 0.3) is 5.56 Å². The maximum atomic E-state index is 12.9. The van der Waals surface area contributed by atoms with Gasteiger partial charge in [0, 0.05) is 30.6 Å². The number of thiophene rings is 1. The van der Waals surface area contributed by atoms with Crippen LogP contribution in [0.3, 0.4) is 0 Å². The lowest BCUT2D eigenvalue weighted by Crippen LogP contribution is -2.44. The summed E-state index contributed by atoms with van der Waals surface area (Å²) in [6.45, 7) is 6.02. The molecule has 35 heavy (non-hydrogen) atoms. The molecule has 1 aliphatic rings. The van der Waals surface area contributed by atoms with E-state index in [-0.39, 0.29) is 17.4 Å². The first-order valence-electron chi connectivity index (χ1n) is 12.2. The van der Waals surface area contributed by atoms with Crippen molar-refractivity contribution < 1.29 is 4.79 Å². The number of carbonyl (C=O) groups excluding carboxylic acids is 1. The highest BCUT2D eigenvalue weighted by molar-refractivity contribution is 7.17. The lowest BCUT2D eigenvalue weighted by molar-refractivity contribution is -0.125. The highest BCUT2D eigenvalue weighted by Crippen LogP contribution is 2.32. The van der Waals surface area contributed by atoms with Crippen LogP contribution in [0.2, 0.25) is 0 Å². The van der Waals surface area contributed by atoms with E-state index in [1.165, 1.54) is 22.5 Å². The van der Waals surface area contributed by atoms with Crippen molar-refractivity contribution in [3.63, 3.8) is 0 Å². The fourth-order valence-electron chi connectivity index (χ4n) is 4.61. The Kier molecular flexibility index (Phi) is 6.68. The molecule has 6 nitrogen and oxygen atoms in total. The third-order valence-electron chi connectivity index (χ3n) is 6.77. The first-order valence-corrected chi connectivity index (χ1v) is 13.1. The maximum Gasteiger partial charge on any atom is 0.270 e. The predicted octanol–water partition coefficient (Wildman–Crippen LogP) is 5.06. The maximum absolute atomic E-state index is 12.9. The molecule has 0 aliphatic carbocycles. The van der Waals surface area contributed by atoms with Crippen LogP contribution in [0.1, 0.15) is 36.5 Å². The summed E-state index contributed by atoms with van der Waals surface area (Å²) < 4.78 is 0.629. The van der Waals surface area contributed by atoms with Crippen LogP contribution in [0.5, 0.6) is 0 Å². The topological polar surface area (TPSA) is 78.1 Å². The molecule has 0 spiro atoms. The van der Waals surface area contributed by atoms with Gasteiger partial charge in [0.15, 0.2) is 0 Å². The Morgan fingerprint density at radius 2 is 1.89 bits per heavy atom. The first-order chi connectivity index (χ1) is 17.0. The summed E-state index contributed by atoms with van der Waals surface area (Å²) in [5.74, 6) is 0.453. The van der Waals surface area contributed by atoms with Gasteiger partial charge in [0.1, 0.15) is 4.70 Å². The van der Waals surface area contributed by atoms with Gasteiger partial charge in [-0.15, -0.1) is 11.3 Å². The summed E-state index contributed by atoms with van der Waals surface area (Å²) in [7, 11) is 0. The van der Waals surface area contributed by atoms with Crippen molar-refractivity contribution >= 4 is 33.4 Å². The second kappa shape index (κ2) is 10.0. The summed E-state index contributed by atoms with van der Waals surface area (Å²) in [5.41, 5.74) is 6.19. The molecule has 0 unspecified atom stereocenters. The van der Waals surface area contributed by atoms with Crippen molar-refractivity contribution in [2.45, 2.75) is 39.7 Å². The molecule has 4 aromatic rings. The Morgan fingerprint density at radius 1 is 1.14 bits per heavy atom. The van der Waals surface area contributed by atoms with Crippen LogP contribution < -0.4 is 15.8 Å². The molecule has 7 heteroatoms. The SMILES string of the molecule is CCc1ccc(CNC(=O)[C@@H]2CCCN(c3nc4c(-c5ccc(C)cc5)csc4c(=O)[nH]3)C2)cc1. The Bertz CT molecular complexity index is 1390. The lowest BCUT2D eigenvalue weighted by Gasteiger charge is -2.32. The van der Waals surface area contributed by atoms with Gasteiger partial charge in [-0.05, 0) is 42.9 Å². The number of amides is 1. The standard InChI is InChI=1S/C28H30N4O2S/c1-3-19-8-10-20(11-9-19)15-29-26(33)22-5-4-14-32(16-22)28-30-24-23(17-35-25(24)27(34)31-28)21-12-6-18(2)7-13-21/h6-13,17,22H,3-5,14-16H2,1-2H3,(H,29,33)(H,30,31,34)/t22-/m1/s1. The smallest absolute Gasteiger partial charge is 0.270 e. The molecule has 3 heterocycles. The second-order valence-electron chi connectivity index (χ2n) is 9.26. The highest BCUT2D eigenvalue weighted by atomic mass is 32.1. The Labute approximate surface area is 209 Å². The molecule has 0 saturated carbocycles. The average Bonchev–Trinajstić information content (AvgIpc) is 3.33. The van der Waals surface area contributed by atoms with Crippen molar-refractivity contribution in [2.24, 2.45) is 5.92 Å². The van der Waals surface area contributed by atoms with Gasteiger partial charge in [-0.3, -0.25) is 14.6 Å². The van der Waals surface area contributed by atoms with Gasteiger partial charge in [-0.25, -0.2) is 4.98 Å². The number of nitrogens with zero attached hydrogens (tertiary/aromatic N) is 2. The lowest BCUT2D eigenvalue weighted by atomic mass is 9.97. The molecular formula is C28H30N4O2S. The second-order valence-corrected chi connectivity index (χ2v) is 10.1. The number of anilines is 1. The number of benzene rings is 2. The van der Waals surface area contributed by atoms with Crippen LogP contribution >= 0.6 is 11.3 Å². The first kappa shape index (κ1) is 23.3. The van der Waals surface area contributed by atoms with Gasteiger partial charge >= 0.3 is 0 Å². The number of H-pyrrole nitrogens is 1. The Morgan fingerprint density at radius 3 is 2.63 bits per heavy atom. The summed E-state index contributed by atoms with van der Waals surface area (Å²) in [4.78, 5) is 35.7. The number of nitrogens with one attached hydrogen (secondary N) is 2. The van der Waals surface area contributed by atoms with E-state index in [0.717, 1.165) is 48.0 Å². The molecule has 1 saturated heterocycles. The zero-order valence-corrected chi connectivity index (χ0v) is 21.0. The molecule has 2 aromatic heterocycles. The van der Waals surface area contributed by atoms with Crippen molar-refractivity contribution in [1.82, 2.24) is 15.3 Å². The van der Waals surface area contributed by atoms with Crippen LogP contribution in [0, 0.1) is 12.8 Å². The number of hydrogen-bond donors (Lipinski definition) is 2. The average molecular weight is 487 g/mol. The van der Waals surface area contributed by atoms with Crippen LogP contribution in [-0.2, 0) is 17.8 Å². The number of hydrogen-bond acceptors (Lipinski definition) is 5. The largest absolute Gasteiger partial charge is 0.352 e. The zero-order valence-electron chi connectivity index (χ0n) is 20.1. The summed E-state index contributed by atoms with van der Waals surface area (Å²) in [6.07, 6.45) is 2.71. The van der Waals surface area contributed by atoms with Gasteiger partial charge in [0.2, 0.25) is 11.9 Å². The van der Waals surface area contributed by atoms with Gasteiger partial charge in [-0.1, -0.05) is 61.0 Å².